The largest absolute Gasteiger partial charge is 0.325 e. The average molecular weight is 263 g/mol. The van der Waals surface area contributed by atoms with E-state index in [0.29, 0.717) is 16.3 Å². The fraction of sp³-hybridized carbons (Fsp3) is 0.429. The zero-order valence-corrected chi connectivity index (χ0v) is 10.8. The van der Waals surface area contributed by atoms with Crippen LogP contribution >= 0.6 is 11.6 Å². The summed E-state index contributed by atoms with van der Waals surface area (Å²) in [6.07, 6.45) is 5.39. The summed E-state index contributed by atoms with van der Waals surface area (Å²) in [5.41, 5.74) is 1.09. The Hall–Kier alpha value is -1.53. The molecule has 1 aromatic carbocycles. The summed E-state index contributed by atoms with van der Waals surface area (Å²) in [7, 11) is 0. The lowest BCUT2D eigenvalue weighted by atomic mass is 9.88. The third-order valence-corrected chi connectivity index (χ3v) is 3.64. The molecule has 1 aliphatic carbocycles. The standard InChI is InChI=1S/C14H15ClN2O/c15-12-8-10(9-16)6-7-13(12)17-14(18)11-4-2-1-3-5-11/h6-8,11H,1-5H2,(H,17,18). The van der Waals surface area contributed by atoms with Crippen molar-refractivity contribution in [3.8, 4) is 6.07 Å². The number of hydrogen-bond acceptors (Lipinski definition) is 2. The van der Waals surface area contributed by atoms with Gasteiger partial charge >= 0.3 is 0 Å². The van der Waals surface area contributed by atoms with Crippen LogP contribution in [-0.2, 0) is 4.79 Å². The summed E-state index contributed by atoms with van der Waals surface area (Å²) in [6, 6.07) is 6.92. The van der Waals surface area contributed by atoms with Gasteiger partial charge in [0.2, 0.25) is 5.91 Å². The van der Waals surface area contributed by atoms with Gasteiger partial charge in [0, 0.05) is 5.92 Å². The maximum Gasteiger partial charge on any atom is 0.227 e. The average Bonchev–Trinajstić information content (AvgIpc) is 2.42. The lowest BCUT2D eigenvalue weighted by Gasteiger charge is -2.21. The maximum absolute atomic E-state index is 12.0. The number of carbonyl (C=O) groups is 1. The molecule has 0 heterocycles. The second kappa shape index (κ2) is 5.88. The predicted molar refractivity (Wildman–Crippen MR) is 71.4 cm³/mol. The van der Waals surface area contributed by atoms with E-state index in [9.17, 15) is 4.79 Å². The third-order valence-electron chi connectivity index (χ3n) is 3.33. The Kier molecular flexibility index (Phi) is 4.22. The Labute approximate surface area is 112 Å². The fourth-order valence-electron chi connectivity index (χ4n) is 2.29. The summed E-state index contributed by atoms with van der Waals surface area (Å²) < 4.78 is 0. The van der Waals surface area contributed by atoms with E-state index in [1.807, 2.05) is 6.07 Å². The molecule has 0 radical (unpaired) electrons. The molecule has 0 bridgehead atoms. The monoisotopic (exact) mass is 262 g/mol. The molecule has 0 aromatic heterocycles. The zero-order chi connectivity index (χ0) is 13.0. The topological polar surface area (TPSA) is 52.9 Å². The minimum absolute atomic E-state index is 0.0429. The smallest absolute Gasteiger partial charge is 0.227 e. The number of hydrogen-bond donors (Lipinski definition) is 1. The van der Waals surface area contributed by atoms with Gasteiger partial charge in [0.15, 0.2) is 0 Å². The quantitative estimate of drug-likeness (QED) is 0.883. The molecule has 1 N–H and O–H groups in total. The van der Waals surface area contributed by atoms with Crippen molar-refractivity contribution in [1.29, 1.82) is 5.26 Å². The first-order chi connectivity index (χ1) is 8.70. The van der Waals surface area contributed by atoms with Crippen LogP contribution in [0.3, 0.4) is 0 Å². The third kappa shape index (κ3) is 3.02. The van der Waals surface area contributed by atoms with Crippen molar-refractivity contribution in [2.45, 2.75) is 32.1 Å². The first-order valence-electron chi connectivity index (χ1n) is 6.21. The van der Waals surface area contributed by atoms with Crippen molar-refractivity contribution in [3.63, 3.8) is 0 Å². The molecule has 3 nitrogen and oxygen atoms in total. The van der Waals surface area contributed by atoms with Crippen LogP contribution in [0.2, 0.25) is 5.02 Å². The van der Waals surface area contributed by atoms with Gasteiger partial charge in [-0.25, -0.2) is 0 Å². The number of nitriles is 1. The molecule has 18 heavy (non-hydrogen) atoms. The summed E-state index contributed by atoms with van der Waals surface area (Å²) in [5, 5.41) is 12.0. The SMILES string of the molecule is N#Cc1ccc(NC(=O)C2CCCCC2)c(Cl)c1. The normalized spacial score (nSPS) is 16.0. The van der Waals surface area contributed by atoms with Gasteiger partial charge < -0.3 is 5.32 Å². The van der Waals surface area contributed by atoms with Crippen molar-refractivity contribution >= 4 is 23.2 Å². The van der Waals surface area contributed by atoms with Crippen LogP contribution in [0.15, 0.2) is 18.2 Å². The summed E-state index contributed by atoms with van der Waals surface area (Å²) >= 11 is 6.03. The highest BCUT2D eigenvalue weighted by molar-refractivity contribution is 6.33. The molecular weight excluding hydrogens is 248 g/mol. The number of amides is 1. The van der Waals surface area contributed by atoms with E-state index in [0.717, 1.165) is 25.7 Å². The second-order valence-electron chi connectivity index (χ2n) is 4.63. The van der Waals surface area contributed by atoms with Crippen LogP contribution in [0.25, 0.3) is 0 Å². The molecule has 2 rings (SSSR count). The van der Waals surface area contributed by atoms with E-state index in [2.05, 4.69) is 5.32 Å². The van der Waals surface area contributed by atoms with Crippen LogP contribution in [0.5, 0.6) is 0 Å². The number of nitrogens with one attached hydrogen (secondary N) is 1. The molecule has 1 saturated carbocycles. The number of anilines is 1. The minimum atomic E-state index is 0.0429. The van der Waals surface area contributed by atoms with E-state index < -0.39 is 0 Å². The molecular formula is C14H15ClN2O. The minimum Gasteiger partial charge on any atom is -0.325 e. The van der Waals surface area contributed by atoms with Crippen molar-refractivity contribution in [3.05, 3.63) is 28.8 Å². The van der Waals surface area contributed by atoms with Crippen LogP contribution in [-0.4, -0.2) is 5.91 Å². The van der Waals surface area contributed by atoms with E-state index >= 15 is 0 Å². The highest BCUT2D eigenvalue weighted by Crippen LogP contribution is 2.27. The number of carbonyl (C=O) groups excluding carboxylic acids is 1. The molecule has 1 aliphatic rings. The molecule has 0 saturated heterocycles. The van der Waals surface area contributed by atoms with Crippen molar-refractivity contribution < 1.29 is 4.79 Å². The first-order valence-corrected chi connectivity index (χ1v) is 6.59. The molecule has 0 spiro atoms. The van der Waals surface area contributed by atoms with Gasteiger partial charge in [-0.2, -0.15) is 5.26 Å². The lowest BCUT2D eigenvalue weighted by molar-refractivity contribution is -0.120. The number of nitrogens with zero attached hydrogens (tertiary/aromatic N) is 1. The van der Waals surface area contributed by atoms with E-state index in [1.165, 1.54) is 6.42 Å². The zero-order valence-electron chi connectivity index (χ0n) is 10.1. The van der Waals surface area contributed by atoms with Gasteiger partial charge in [-0.05, 0) is 31.0 Å². The summed E-state index contributed by atoms with van der Waals surface area (Å²) in [5.74, 6) is 0.145. The number of benzene rings is 1. The molecule has 1 aromatic rings. The Morgan fingerprint density at radius 3 is 2.67 bits per heavy atom. The molecule has 0 aliphatic heterocycles. The Morgan fingerprint density at radius 1 is 1.33 bits per heavy atom. The molecule has 1 amide bonds. The number of rotatable bonds is 2. The highest BCUT2D eigenvalue weighted by atomic mass is 35.5. The first kappa shape index (κ1) is 12.9. The van der Waals surface area contributed by atoms with Crippen LogP contribution < -0.4 is 5.32 Å². The van der Waals surface area contributed by atoms with E-state index in [-0.39, 0.29) is 11.8 Å². The van der Waals surface area contributed by atoms with Gasteiger partial charge in [0.05, 0.1) is 22.3 Å². The van der Waals surface area contributed by atoms with Gasteiger partial charge in [0.1, 0.15) is 0 Å². The highest BCUT2D eigenvalue weighted by Gasteiger charge is 2.21. The van der Waals surface area contributed by atoms with E-state index in [4.69, 9.17) is 16.9 Å². The molecule has 0 unspecified atom stereocenters. The second-order valence-corrected chi connectivity index (χ2v) is 5.04. The summed E-state index contributed by atoms with van der Waals surface area (Å²) in [6.45, 7) is 0. The summed E-state index contributed by atoms with van der Waals surface area (Å²) in [4.78, 5) is 12.0. The van der Waals surface area contributed by atoms with Gasteiger partial charge in [0.25, 0.3) is 0 Å². The molecule has 0 atom stereocenters. The Balaban J connectivity index is 2.04. The molecule has 1 fully saturated rings. The van der Waals surface area contributed by atoms with Crippen LogP contribution in [0.1, 0.15) is 37.7 Å². The van der Waals surface area contributed by atoms with Crippen molar-refractivity contribution in [2.24, 2.45) is 5.92 Å². The van der Waals surface area contributed by atoms with Crippen molar-refractivity contribution in [2.75, 3.05) is 5.32 Å². The van der Waals surface area contributed by atoms with Crippen molar-refractivity contribution in [1.82, 2.24) is 0 Å². The van der Waals surface area contributed by atoms with E-state index in [1.54, 1.807) is 18.2 Å². The molecule has 94 valence electrons. The fourth-order valence-corrected chi connectivity index (χ4v) is 2.51. The predicted octanol–water partition coefficient (Wildman–Crippen LogP) is 3.73. The van der Waals surface area contributed by atoms with Crippen LogP contribution in [0, 0.1) is 17.2 Å². The molecule has 4 heteroatoms. The van der Waals surface area contributed by atoms with Gasteiger partial charge in [-0.15, -0.1) is 0 Å². The van der Waals surface area contributed by atoms with Crippen LogP contribution in [0.4, 0.5) is 5.69 Å². The Bertz CT molecular complexity index is 487. The maximum atomic E-state index is 12.0. The Morgan fingerprint density at radius 2 is 2.06 bits per heavy atom. The van der Waals surface area contributed by atoms with Gasteiger partial charge in [-0.3, -0.25) is 4.79 Å². The lowest BCUT2D eigenvalue weighted by Crippen LogP contribution is -2.24. The van der Waals surface area contributed by atoms with Gasteiger partial charge in [-0.1, -0.05) is 30.9 Å². The number of halogens is 1.